The fraction of sp³-hybridized carbons (Fsp3) is 0.818. The Morgan fingerprint density at radius 2 is 1.85 bits per heavy atom. The summed E-state index contributed by atoms with van der Waals surface area (Å²) in [7, 11) is 0. The molecule has 0 amide bonds. The van der Waals surface area contributed by atoms with Gasteiger partial charge in [0.1, 0.15) is 11.6 Å². The summed E-state index contributed by atoms with van der Waals surface area (Å²) in [4.78, 5) is 23.4. The van der Waals surface area contributed by atoms with E-state index in [-0.39, 0.29) is 28.8 Å². The van der Waals surface area contributed by atoms with E-state index in [1.54, 1.807) is 0 Å². The minimum Gasteiger partial charge on any atom is -0.299 e. The van der Waals surface area contributed by atoms with E-state index in [1.807, 2.05) is 27.7 Å². The van der Waals surface area contributed by atoms with E-state index >= 15 is 0 Å². The van der Waals surface area contributed by atoms with Gasteiger partial charge in [0.05, 0.1) is 5.92 Å². The van der Waals surface area contributed by atoms with Gasteiger partial charge in [-0.2, -0.15) is 0 Å². The number of rotatable bonds is 1. The van der Waals surface area contributed by atoms with Crippen molar-refractivity contribution in [3.8, 4) is 0 Å². The fourth-order valence-electron chi connectivity index (χ4n) is 1.83. The summed E-state index contributed by atoms with van der Waals surface area (Å²) in [5.41, 5.74) is -0.371. The van der Waals surface area contributed by atoms with E-state index in [2.05, 4.69) is 0 Å². The van der Waals surface area contributed by atoms with Crippen LogP contribution in [0.1, 0.15) is 40.5 Å². The normalized spacial score (nSPS) is 29.4. The van der Waals surface area contributed by atoms with Crippen LogP contribution in [0.15, 0.2) is 0 Å². The van der Waals surface area contributed by atoms with Gasteiger partial charge in [-0.1, -0.05) is 27.7 Å². The highest BCUT2D eigenvalue weighted by Crippen LogP contribution is 2.32. The fourth-order valence-corrected chi connectivity index (χ4v) is 1.83. The first-order valence-electron chi connectivity index (χ1n) is 4.92. The van der Waals surface area contributed by atoms with E-state index in [1.165, 1.54) is 0 Å². The molecule has 1 fully saturated rings. The van der Waals surface area contributed by atoms with E-state index in [0.717, 1.165) is 12.8 Å². The quantitative estimate of drug-likeness (QED) is 0.583. The third-order valence-corrected chi connectivity index (χ3v) is 2.77. The summed E-state index contributed by atoms with van der Waals surface area (Å²) in [6.45, 7) is 7.56. The Hall–Kier alpha value is -0.660. The van der Waals surface area contributed by atoms with Crippen LogP contribution >= 0.6 is 0 Å². The summed E-state index contributed by atoms with van der Waals surface area (Å²) in [5, 5.41) is 0. The molecule has 0 N–H and O–H groups in total. The Kier molecular flexibility index (Phi) is 2.60. The maximum Gasteiger partial charge on any atom is 0.148 e. The molecule has 1 aliphatic rings. The van der Waals surface area contributed by atoms with Crippen LogP contribution in [-0.2, 0) is 9.59 Å². The van der Waals surface area contributed by atoms with Crippen LogP contribution in [0.25, 0.3) is 0 Å². The molecular formula is C11H18O2. The molecule has 1 aliphatic carbocycles. The Bertz CT molecular complexity index is 235. The van der Waals surface area contributed by atoms with Crippen molar-refractivity contribution in [3.05, 3.63) is 0 Å². The van der Waals surface area contributed by atoms with E-state index in [9.17, 15) is 9.59 Å². The number of ketones is 2. The lowest BCUT2D eigenvalue weighted by Gasteiger charge is -2.20. The third-order valence-electron chi connectivity index (χ3n) is 2.77. The topological polar surface area (TPSA) is 34.1 Å². The lowest BCUT2D eigenvalue weighted by atomic mass is 9.81. The maximum atomic E-state index is 11.8. The van der Waals surface area contributed by atoms with E-state index in [0.29, 0.717) is 0 Å². The van der Waals surface area contributed by atoms with Crippen molar-refractivity contribution in [2.45, 2.75) is 40.5 Å². The van der Waals surface area contributed by atoms with Gasteiger partial charge in [0.15, 0.2) is 0 Å². The zero-order valence-electron chi connectivity index (χ0n) is 8.89. The molecule has 2 heteroatoms. The second-order valence-corrected chi connectivity index (χ2v) is 5.05. The van der Waals surface area contributed by atoms with Gasteiger partial charge in [-0.15, -0.1) is 0 Å². The SMILES string of the molecule is C[C@H]1CC[C@@H](C(=O)C(C)(C)C)C1=O. The zero-order chi connectivity index (χ0) is 10.2. The van der Waals surface area contributed by atoms with Crippen molar-refractivity contribution < 1.29 is 9.59 Å². The van der Waals surface area contributed by atoms with Gasteiger partial charge in [-0.3, -0.25) is 9.59 Å². The molecule has 0 aromatic rings. The van der Waals surface area contributed by atoms with Gasteiger partial charge >= 0.3 is 0 Å². The Labute approximate surface area is 79.7 Å². The number of carbonyl (C=O) groups is 2. The first-order valence-corrected chi connectivity index (χ1v) is 4.92. The second-order valence-electron chi connectivity index (χ2n) is 5.05. The highest BCUT2D eigenvalue weighted by atomic mass is 16.2. The van der Waals surface area contributed by atoms with Crippen molar-refractivity contribution in [1.29, 1.82) is 0 Å². The Morgan fingerprint density at radius 1 is 1.31 bits per heavy atom. The van der Waals surface area contributed by atoms with Crippen LogP contribution in [0.5, 0.6) is 0 Å². The molecule has 2 nitrogen and oxygen atoms in total. The average Bonchev–Trinajstić information content (AvgIpc) is 2.30. The van der Waals surface area contributed by atoms with Gasteiger partial charge < -0.3 is 0 Å². The number of hydrogen-bond donors (Lipinski definition) is 0. The first kappa shape index (κ1) is 10.4. The molecule has 0 radical (unpaired) electrons. The van der Waals surface area contributed by atoms with Crippen LogP contribution in [0.4, 0.5) is 0 Å². The summed E-state index contributed by atoms with van der Waals surface area (Å²) >= 11 is 0. The van der Waals surface area contributed by atoms with Crippen LogP contribution < -0.4 is 0 Å². The summed E-state index contributed by atoms with van der Waals surface area (Å²) < 4.78 is 0. The molecule has 0 unspecified atom stereocenters. The summed E-state index contributed by atoms with van der Waals surface area (Å²) in [5.74, 6) is 0.0491. The second kappa shape index (κ2) is 3.24. The molecule has 0 aromatic carbocycles. The van der Waals surface area contributed by atoms with Gasteiger partial charge in [-0.05, 0) is 12.8 Å². The lowest BCUT2D eigenvalue weighted by Crippen LogP contribution is -2.31. The molecule has 0 heterocycles. The largest absolute Gasteiger partial charge is 0.299 e. The number of Topliss-reactive ketones (excluding diaryl/α,β-unsaturated/α-hetero) is 2. The highest BCUT2D eigenvalue weighted by molar-refractivity contribution is 6.06. The zero-order valence-corrected chi connectivity index (χ0v) is 8.89. The molecule has 0 bridgehead atoms. The minimum absolute atomic E-state index is 0.0938. The summed E-state index contributed by atoms with van der Waals surface area (Å²) in [6.07, 6.45) is 1.64. The number of carbonyl (C=O) groups excluding carboxylic acids is 2. The van der Waals surface area contributed by atoms with Gasteiger partial charge in [0.25, 0.3) is 0 Å². The molecule has 0 saturated heterocycles. The Balaban J connectivity index is 2.75. The Morgan fingerprint density at radius 3 is 2.15 bits per heavy atom. The first-order chi connectivity index (χ1) is 5.84. The van der Waals surface area contributed by atoms with Crippen LogP contribution in [-0.4, -0.2) is 11.6 Å². The average molecular weight is 182 g/mol. The molecule has 2 atom stereocenters. The summed E-state index contributed by atoms with van der Waals surface area (Å²) in [6, 6.07) is 0. The van der Waals surface area contributed by atoms with E-state index in [4.69, 9.17) is 0 Å². The van der Waals surface area contributed by atoms with Crippen molar-refractivity contribution in [1.82, 2.24) is 0 Å². The van der Waals surface area contributed by atoms with Crippen molar-refractivity contribution in [2.24, 2.45) is 17.3 Å². The van der Waals surface area contributed by atoms with Gasteiger partial charge in [0, 0.05) is 11.3 Å². The van der Waals surface area contributed by atoms with Crippen LogP contribution in [0.3, 0.4) is 0 Å². The molecule has 74 valence electrons. The van der Waals surface area contributed by atoms with Crippen molar-refractivity contribution >= 4 is 11.6 Å². The molecule has 0 spiro atoms. The molecular weight excluding hydrogens is 164 g/mol. The highest BCUT2D eigenvalue weighted by Gasteiger charge is 2.40. The van der Waals surface area contributed by atoms with Crippen LogP contribution in [0, 0.1) is 17.3 Å². The molecule has 1 rings (SSSR count). The van der Waals surface area contributed by atoms with Crippen LogP contribution in [0.2, 0.25) is 0 Å². The molecule has 1 saturated carbocycles. The van der Waals surface area contributed by atoms with Gasteiger partial charge in [-0.25, -0.2) is 0 Å². The molecule has 0 aromatic heterocycles. The third kappa shape index (κ3) is 1.98. The van der Waals surface area contributed by atoms with E-state index < -0.39 is 0 Å². The maximum absolute atomic E-state index is 11.8. The minimum atomic E-state index is -0.371. The molecule has 13 heavy (non-hydrogen) atoms. The standard InChI is InChI=1S/C11H18O2/c1-7-5-6-8(9(7)12)10(13)11(2,3)4/h7-8H,5-6H2,1-4H3/t7-,8+/m0/s1. The number of hydrogen-bond acceptors (Lipinski definition) is 2. The van der Waals surface area contributed by atoms with Crippen molar-refractivity contribution in [2.75, 3.05) is 0 Å². The predicted octanol–water partition coefficient (Wildman–Crippen LogP) is 2.22. The van der Waals surface area contributed by atoms with Crippen molar-refractivity contribution in [3.63, 3.8) is 0 Å². The smallest absolute Gasteiger partial charge is 0.148 e. The lowest BCUT2D eigenvalue weighted by molar-refractivity contribution is -0.137. The molecule has 0 aliphatic heterocycles. The monoisotopic (exact) mass is 182 g/mol. The van der Waals surface area contributed by atoms with Gasteiger partial charge in [0.2, 0.25) is 0 Å². The predicted molar refractivity (Wildman–Crippen MR) is 51.4 cm³/mol.